The molecule has 2 heterocycles. The maximum Gasteiger partial charge on any atom is 0.161 e. The Morgan fingerprint density at radius 3 is 2.90 bits per heavy atom. The Labute approximate surface area is 114 Å². The summed E-state index contributed by atoms with van der Waals surface area (Å²) in [7, 11) is 0. The quantitative estimate of drug-likeness (QED) is 0.743. The fourth-order valence-corrected chi connectivity index (χ4v) is 2.24. The van der Waals surface area contributed by atoms with Crippen LogP contribution in [0.15, 0.2) is 30.5 Å². The van der Waals surface area contributed by atoms with E-state index in [1.807, 2.05) is 6.92 Å². The van der Waals surface area contributed by atoms with Gasteiger partial charge in [0, 0.05) is 17.3 Å². The highest BCUT2D eigenvalue weighted by Gasteiger charge is 2.13. The molecule has 0 aliphatic rings. The van der Waals surface area contributed by atoms with Crippen molar-refractivity contribution in [3.8, 4) is 11.4 Å². The number of carbonyl (C=O) groups is 1. The van der Waals surface area contributed by atoms with Crippen molar-refractivity contribution in [3.05, 3.63) is 47.5 Å². The highest BCUT2D eigenvalue weighted by Crippen LogP contribution is 2.24. The Kier molecular flexibility index (Phi) is 3.02. The number of carbonyl (C=O) groups excluding carboxylic acids is 1. The van der Waals surface area contributed by atoms with Gasteiger partial charge in [-0.05, 0) is 18.6 Å². The first kappa shape index (κ1) is 12.5. The number of nitrogens with zero attached hydrogens (tertiary/aromatic N) is 2. The van der Waals surface area contributed by atoms with Crippen LogP contribution in [0.2, 0.25) is 0 Å². The molecule has 0 spiro atoms. The van der Waals surface area contributed by atoms with Gasteiger partial charge < -0.3 is 4.98 Å². The Hall–Kier alpha value is -2.56. The van der Waals surface area contributed by atoms with Crippen LogP contribution in [0.3, 0.4) is 0 Å². The van der Waals surface area contributed by atoms with Crippen LogP contribution >= 0.6 is 0 Å². The molecule has 1 N–H and O–H groups in total. The number of benzene rings is 1. The maximum atomic E-state index is 13.3. The van der Waals surface area contributed by atoms with Gasteiger partial charge in [0.2, 0.25) is 0 Å². The molecule has 0 saturated carbocycles. The van der Waals surface area contributed by atoms with Gasteiger partial charge in [-0.25, -0.2) is 14.4 Å². The number of fused-ring (bicyclic) bond motifs is 1. The van der Waals surface area contributed by atoms with Gasteiger partial charge in [-0.2, -0.15) is 0 Å². The monoisotopic (exact) mass is 269 g/mol. The molecule has 100 valence electrons. The van der Waals surface area contributed by atoms with E-state index in [1.54, 1.807) is 18.3 Å². The summed E-state index contributed by atoms with van der Waals surface area (Å²) < 4.78 is 13.3. The van der Waals surface area contributed by atoms with Crippen LogP contribution in [0.1, 0.15) is 23.0 Å². The normalized spacial score (nSPS) is 10.9. The van der Waals surface area contributed by atoms with Gasteiger partial charge >= 0.3 is 0 Å². The van der Waals surface area contributed by atoms with E-state index in [2.05, 4.69) is 15.0 Å². The Morgan fingerprint density at radius 1 is 1.35 bits per heavy atom. The first-order valence-electron chi connectivity index (χ1n) is 6.32. The van der Waals surface area contributed by atoms with Crippen molar-refractivity contribution in [3.63, 3.8) is 0 Å². The third kappa shape index (κ3) is 1.97. The summed E-state index contributed by atoms with van der Waals surface area (Å²) in [6, 6.07) is 6.15. The number of aromatic amines is 1. The lowest BCUT2D eigenvalue weighted by Crippen LogP contribution is -1.97. The summed E-state index contributed by atoms with van der Waals surface area (Å²) in [6.45, 7) is 1.96. The SMILES string of the molecule is CCc1nc(-c2cccc(F)c2)nc2[nH]cc(C=O)c12. The number of rotatable bonds is 3. The molecule has 0 radical (unpaired) electrons. The lowest BCUT2D eigenvalue weighted by Gasteiger charge is -2.05. The molecule has 0 atom stereocenters. The lowest BCUT2D eigenvalue weighted by atomic mass is 10.1. The first-order chi connectivity index (χ1) is 9.72. The smallest absolute Gasteiger partial charge is 0.161 e. The molecular formula is C15H12FN3O. The van der Waals surface area contributed by atoms with E-state index >= 15 is 0 Å². The average Bonchev–Trinajstić information content (AvgIpc) is 2.89. The fourth-order valence-electron chi connectivity index (χ4n) is 2.24. The van der Waals surface area contributed by atoms with E-state index in [0.717, 1.165) is 17.4 Å². The van der Waals surface area contributed by atoms with Gasteiger partial charge in [0.15, 0.2) is 12.1 Å². The molecule has 3 aromatic rings. The number of aldehydes is 1. The van der Waals surface area contributed by atoms with Crippen LogP contribution < -0.4 is 0 Å². The topological polar surface area (TPSA) is 58.6 Å². The summed E-state index contributed by atoms with van der Waals surface area (Å²) in [5, 5.41) is 0.739. The highest BCUT2D eigenvalue weighted by atomic mass is 19.1. The molecule has 3 rings (SSSR count). The second-order valence-electron chi connectivity index (χ2n) is 4.44. The van der Waals surface area contributed by atoms with E-state index < -0.39 is 0 Å². The number of hydrogen-bond donors (Lipinski definition) is 1. The van der Waals surface area contributed by atoms with Gasteiger partial charge in [-0.3, -0.25) is 4.79 Å². The number of halogens is 1. The second-order valence-corrected chi connectivity index (χ2v) is 4.44. The van der Waals surface area contributed by atoms with Gasteiger partial charge in [-0.15, -0.1) is 0 Å². The van der Waals surface area contributed by atoms with Crippen molar-refractivity contribution in [2.45, 2.75) is 13.3 Å². The lowest BCUT2D eigenvalue weighted by molar-refractivity contribution is 0.112. The Morgan fingerprint density at radius 2 is 2.20 bits per heavy atom. The van der Waals surface area contributed by atoms with Crippen LogP contribution in [0.25, 0.3) is 22.4 Å². The molecule has 0 saturated heterocycles. The van der Waals surface area contributed by atoms with E-state index in [4.69, 9.17) is 0 Å². The van der Waals surface area contributed by atoms with Crippen LogP contribution in [0, 0.1) is 5.82 Å². The molecule has 1 aromatic carbocycles. The summed E-state index contributed by atoms with van der Waals surface area (Å²) in [4.78, 5) is 22.8. The van der Waals surface area contributed by atoms with E-state index in [-0.39, 0.29) is 5.82 Å². The molecule has 4 nitrogen and oxygen atoms in total. The summed E-state index contributed by atoms with van der Waals surface area (Å²) >= 11 is 0. The zero-order valence-electron chi connectivity index (χ0n) is 10.9. The number of H-pyrrole nitrogens is 1. The maximum absolute atomic E-state index is 13.3. The van der Waals surface area contributed by atoms with Crippen LogP contribution in [0.5, 0.6) is 0 Å². The molecule has 0 bridgehead atoms. The minimum Gasteiger partial charge on any atom is -0.345 e. The van der Waals surface area contributed by atoms with Crippen molar-refractivity contribution >= 4 is 17.3 Å². The Bertz CT molecular complexity index is 795. The molecule has 0 amide bonds. The number of nitrogens with one attached hydrogen (secondary N) is 1. The number of aromatic nitrogens is 3. The van der Waals surface area contributed by atoms with Gasteiger partial charge in [0.1, 0.15) is 11.5 Å². The summed E-state index contributed by atoms with van der Waals surface area (Å²) in [6.07, 6.45) is 3.06. The molecule has 0 unspecified atom stereocenters. The molecule has 0 fully saturated rings. The zero-order chi connectivity index (χ0) is 14.1. The molecule has 0 aliphatic carbocycles. The summed E-state index contributed by atoms with van der Waals surface area (Å²) in [5.74, 6) is 0.123. The van der Waals surface area contributed by atoms with Crippen LogP contribution in [0.4, 0.5) is 4.39 Å². The zero-order valence-corrected chi connectivity index (χ0v) is 10.9. The van der Waals surface area contributed by atoms with Crippen LogP contribution in [-0.4, -0.2) is 21.2 Å². The van der Waals surface area contributed by atoms with Crippen molar-refractivity contribution in [2.75, 3.05) is 0 Å². The number of hydrogen-bond acceptors (Lipinski definition) is 3. The van der Waals surface area contributed by atoms with Crippen molar-refractivity contribution < 1.29 is 9.18 Å². The van der Waals surface area contributed by atoms with Crippen LogP contribution in [-0.2, 0) is 6.42 Å². The fraction of sp³-hybridized carbons (Fsp3) is 0.133. The highest BCUT2D eigenvalue weighted by molar-refractivity contribution is 5.97. The third-order valence-corrected chi connectivity index (χ3v) is 3.18. The summed E-state index contributed by atoms with van der Waals surface area (Å²) in [5.41, 5.74) is 2.53. The predicted octanol–water partition coefficient (Wildman–Crippen LogP) is 3.14. The Balaban J connectivity index is 2.26. The van der Waals surface area contributed by atoms with E-state index in [1.165, 1.54) is 12.1 Å². The number of aryl methyl sites for hydroxylation is 1. The van der Waals surface area contributed by atoms with E-state index in [9.17, 15) is 9.18 Å². The second kappa shape index (κ2) is 4.85. The average molecular weight is 269 g/mol. The third-order valence-electron chi connectivity index (χ3n) is 3.18. The molecule has 0 aliphatic heterocycles. The molecule has 2 aromatic heterocycles. The van der Waals surface area contributed by atoms with E-state index in [0.29, 0.717) is 29.0 Å². The van der Waals surface area contributed by atoms with Gasteiger partial charge in [0.25, 0.3) is 0 Å². The van der Waals surface area contributed by atoms with Gasteiger partial charge in [-0.1, -0.05) is 19.1 Å². The minimum atomic E-state index is -0.329. The molecular weight excluding hydrogens is 257 g/mol. The van der Waals surface area contributed by atoms with Crippen molar-refractivity contribution in [1.82, 2.24) is 15.0 Å². The standard InChI is InChI=1S/C15H12FN3O/c1-2-12-13-10(8-20)7-17-15(13)19-14(18-12)9-4-3-5-11(16)6-9/h3-8H,2H2,1H3,(H,17,18,19). The van der Waals surface area contributed by atoms with Gasteiger partial charge in [0.05, 0.1) is 11.1 Å². The first-order valence-corrected chi connectivity index (χ1v) is 6.32. The van der Waals surface area contributed by atoms with Crippen molar-refractivity contribution in [1.29, 1.82) is 0 Å². The minimum absolute atomic E-state index is 0.329. The van der Waals surface area contributed by atoms with Crippen molar-refractivity contribution in [2.24, 2.45) is 0 Å². The predicted molar refractivity (Wildman–Crippen MR) is 74.0 cm³/mol. The largest absolute Gasteiger partial charge is 0.345 e. The molecule has 5 heteroatoms. The molecule has 20 heavy (non-hydrogen) atoms.